The van der Waals surface area contributed by atoms with E-state index >= 15 is 0 Å². The van der Waals surface area contributed by atoms with Crippen molar-refractivity contribution in [2.75, 3.05) is 0 Å². The Morgan fingerprint density at radius 1 is 1.28 bits per heavy atom. The molecule has 0 saturated carbocycles. The monoisotopic (exact) mass is 245 g/mol. The van der Waals surface area contributed by atoms with E-state index in [4.69, 9.17) is 0 Å². The van der Waals surface area contributed by atoms with Crippen LogP contribution in [0.2, 0.25) is 0 Å². The van der Waals surface area contributed by atoms with Gasteiger partial charge < -0.3 is 5.11 Å². The van der Waals surface area contributed by atoms with E-state index in [1.165, 1.54) is 0 Å². The Bertz CT molecular complexity index is 552. The molecule has 0 saturated heterocycles. The third-order valence-corrected chi connectivity index (χ3v) is 2.90. The quantitative estimate of drug-likeness (QED) is 0.883. The maximum atomic E-state index is 9.37. The highest BCUT2D eigenvalue weighted by Crippen LogP contribution is 2.23. The summed E-state index contributed by atoms with van der Waals surface area (Å²) in [6, 6.07) is 3.85. The lowest BCUT2D eigenvalue weighted by atomic mass is 9.91. The van der Waals surface area contributed by atoms with Crippen molar-refractivity contribution in [3.05, 3.63) is 41.6 Å². The SMILES string of the molecule is Cc1nccn1-c1cc(CO)cc(C(C)(C)C)n1. The Labute approximate surface area is 107 Å². The standard InChI is InChI=1S/C14H19N3O/c1-10-15-5-6-17(10)13-8-11(9-18)7-12(16-13)14(2,3)4/h5-8,18H,9H2,1-4H3. The number of hydrogen-bond donors (Lipinski definition) is 1. The van der Waals surface area contributed by atoms with Gasteiger partial charge in [-0.2, -0.15) is 0 Å². The van der Waals surface area contributed by atoms with Gasteiger partial charge in [0.15, 0.2) is 0 Å². The lowest BCUT2D eigenvalue weighted by Crippen LogP contribution is -2.16. The smallest absolute Gasteiger partial charge is 0.138 e. The molecule has 0 fully saturated rings. The highest BCUT2D eigenvalue weighted by molar-refractivity contribution is 5.34. The van der Waals surface area contributed by atoms with Crippen LogP contribution in [0.25, 0.3) is 5.82 Å². The molecule has 2 heterocycles. The van der Waals surface area contributed by atoms with Crippen LogP contribution in [-0.2, 0) is 12.0 Å². The zero-order valence-electron chi connectivity index (χ0n) is 11.3. The fraction of sp³-hybridized carbons (Fsp3) is 0.429. The summed E-state index contributed by atoms with van der Waals surface area (Å²) >= 11 is 0. The average Bonchev–Trinajstić information content (AvgIpc) is 2.73. The molecule has 0 atom stereocenters. The molecule has 0 aliphatic heterocycles. The molecule has 0 amide bonds. The second-order valence-electron chi connectivity index (χ2n) is 5.47. The Kier molecular flexibility index (Phi) is 3.22. The Morgan fingerprint density at radius 2 is 2.00 bits per heavy atom. The minimum absolute atomic E-state index is 0.0202. The number of aliphatic hydroxyl groups is 1. The third-order valence-electron chi connectivity index (χ3n) is 2.90. The van der Waals surface area contributed by atoms with E-state index < -0.39 is 0 Å². The molecule has 0 radical (unpaired) electrons. The van der Waals surface area contributed by atoms with Crippen molar-refractivity contribution in [3.63, 3.8) is 0 Å². The van der Waals surface area contributed by atoms with Crippen molar-refractivity contribution >= 4 is 0 Å². The maximum Gasteiger partial charge on any atom is 0.138 e. The van der Waals surface area contributed by atoms with Gasteiger partial charge in [-0.15, -0.1) is 0 Å². The number of pyridine rings is 1. The van der Waals surface area contributed by atoms with Crippen molar-refractivity contribution in [1.29, 1.82) is 0 Å². The molecule has 0 unspecified atom stereocenters. The first-order valence-electron chi connectivity index (χ1n) is 6.04. The zero-order chi connectivity index (χ0) is 13.3. The topological polar surface area (TPSA) is 50.9 Å². The predicted octanol–water partition coefficient (Wildman–Crippen LogP) is 2.37. The van der Waals surface area contributed by atoms with Gasteiger partial charge in [0.05, 0.1) is 6.61 Å². The summed E-state index contributed by atoms with van der Waals surface area (Å²) in [7, 11) is 0. The average molecular weight is 245 g/mol. The number of aryl methyl sites for hydroxylation is 1. The van der Waals surface area contributed by atoms with Gasteiger partial charge in [0.2, 0.25) is 0 Å². The largest absolute Gasteiger partial charge is 0.392 e. The first-order valence-corrected chi connectivity index (χ1v) is 6.04. The molecule has 18 heavy (non-hydrogen) atoms. The van der Waals surface area contributed by atoms with Crippen LogP contribution in [0.5, 0.6) is 0 Å². The molecule has 1 N–H and O–H groups in total. The van der Waals surface area contributed by atoms with Gasteiger partial charge in [0, 0.05) is 23.5 Å². The molecular formula is C14H19N3O. The maximum absolute atomic E-state index is 9.37. The molecule has 4 nitrogen and oxygen atoms in total. The van der Waals surface area contributed by atoms with Gasteiger partial charge in [-0.1, -0.05) is 20.8 Å². The fourth-order valence-electron chi connectivity index (χ4n) is 1.79. The highest BCUT2D eigenvalue weighted by atomic mass is 16.3. The molecule has 0 aliphatic rings. The molecule has 2 rings (SSSR count). The van der Waals surface area contributed by atoms with Crippen molar-refractivity contribution < 1.29 is 5.11 Å². The number of aromatic nitrogens is 3. The summed E-state index contributed by atoms with van der Waals surface area (Å²) in [5.41, 5.74) is 1.80. The first kappa shape index (κ1) is 12.8. The summed E-state index contributed by atoms with van der Waals surface area (Å²) in [4.78, 5) is 8.87. The normalized spacial score (nSPS) is 11.8. The lowest BCUT2D eigenvalue weighted by molar-refractivity contribution is 0.281. The fourth-order valence-corrected chi connectivity index (χ4v) is 1.79. The number of imidazole rings is 1. The number of nitrogens with zero attached hydrogens (tertiary/aromatic N) is 3. The van der Waals surface area contributed by atoms with E-state index in [-0.39, 0.29) is 12.0 Å². The van der Waals surface area contributed by atoms with E-state index in [0.717, 1.165) is 22.9 Å². The van der Waals surface area contributed by atoms with Gasteiger partial charge in [0.25, 0.3) is 0 Å². The molecule has 0 aliphatic carbocycles. The van der Waals surface area contributed by atoms with E-state index in [1.807, 2.05) is 29.8 Å². The minimum atomic E-state index is -0.0472. The van der Waals surface area contributed by atoms with Crippen LogP contribution in [0.4, 0.5) is 0 Å². The van der Waals surface area contributed by atoms with Crippen LogP contribution in [-0.4, -0.2) is 19.6 Å². The highest BCUT2D eigenvalue weighted by Gasteiger charge is 2.17. The van der Waals surface area contributed by atoms with Crippen LogP contribution in [0.3, 0.4) is 0 Å². The number of hydrogen-bond acceptors (Lipinski definition) is 3. The third kappa shape index (κ3) is 2.43. The van der Waals surface area contributed by atoms with E-state index in [2.05, 4.69) is 30.7 Å². The van der Waals surface area contributed by atoms with Crippen molar-refractivity contribution in [3.8, 4) is 5.82 Å². The Hall–Kier alpha value is -1.68. The van der Waals surface area contributed by atoms with Gasteiger partial charge in [-0.25, -0.2) is 9.97 Å². The summed E-state index contributed by atoms with van der Waals surface area (Å²) < 4.78 is 1.92. The minimum Gasteiger partial charge on any atom is -0.392 e. The van der Waals surface area contributed by atoms with Crippen molar-refractivity contribution in [1.82, 2.24) is 14.5 Å². The van der Waals surface area contributed by atoms with E-state index in [1.54, 1.807) is 6.20 Å². The Morgan fingerprint density at radius 3 is 2.50 bits per heavy atom. The van der Waals surface area contributed by atoms with Gasteiger partial charge in [-0.05, 0) is 24.6 Å². The summed E-state index contributed by atoms with van der Waals surface area (Å²) in [5, 5.41) is 9.37. The van der Waals surface area contributed by atoms with Gasteiger partial charge in [0.1, 0.15) is 11.6 Å². The number of rotatable bonds is 2. The molecule has 2 aromatic heterocycles. The predicted molar refractivity (Wildman–Crippen MR) is 70.7 cm³/mol. The molecule has 0 bridgehead atoms. The molecule has 4 heteroatoms. The summed E-state index contributed by atoms with van der Waals surface area (Å²) in [6.45, 7) is 8.29. The first-order chi connectivity index (χ1) is 8.41. The van der Waals surface area contributed by atoms with E-state index in [9.17, 15) is 5.11 Å². The van der Waals surface area contributed by atoms with Crippen LogP contribution < -0.4 is 0 Å². The summed E-state index contributed by atoms with van der Waals surface area (Å²) in [5.74, 6) is 1.69. The second kappa shape index (κ2) is 4.53. The number of aliphatic hydroxyl groups excluding tert-OH is 1. The molecule has 2 aromatic rings. The van der Waals surface area contributed by atoms with Crippen LogP contribution in [0.15, 0.2) is 24.5 Å². The Balaban J connectivity index is 2.58. The zero-order valence-corrected chi connectivity index (χ0v) is 11.3. The summed E-state index contributed by atoms with van der Waals surface area (Å²) in [6.07, 6.45) is 3.63. The van der Waals surface area contributed by atoms with Gasteiger partial charge >= 0.3 is 0 Å². The second-order valence-corrected chi connectivity index (χ2v) is 5.47. The van der Waals surface area contributed by atoms with E-state index in [0.29, 0.717) is 0 Å². The van der Waals surface area contributed by atoms with Crippen molar-refractivity contribution in [2.45, 2.75) is 39.7 Å². The molecule has 0 aromatic carbocycles. The van der Waals surface area contributed by atoms with Crippen molar-refractivity contribution in [2.24, 2.45) is 0 Å². The van der Waals surface area contributed by atoms with Crippen LogP contribution in [0, 0.1) is 6.92 Å². The molecule has 0 spiro atoms. The lowest BCUT2D eigenvalue weighted by Gasteiger charge is -2.20. The molecule has 96 valence electrons. The van der Waals surface area contributed by atoms with Crippen LogP contribution >= 0.6 is 0 Å². The van der Waals surface area contributed by atoms with Gasteiger partial charge in [-0.3, -0.25) is 4.57 Å². The molecular weight excluding hydrogens is 226 g/mol. The van der Waals surface area contributed by atoms with Crippen LogP contribution in [0.1, 0.15) is 37.9 Å².